The van der Waals surface area contributed by atoms with Crippen LogP contribution in [0, 0.1) is 0 Å². The van der Waals surface area contributed by atoms with E-state index >= 15 is 0 Å². The molecule has 0 saturated heterocycles. The Kier molecular flexibility index (Phi) is 6.66. The van der Waals surface area contributed by atoms with E-state index in [0.717, 1.165) is 21.4 Å². The average Bonchev–Trinajstić information content (AvgIpc) is 3.19. The Hall–Kier alpha value is -3.85. The molecule has 0 unspecified atom stereocenters. The fourth-order valence-electron chi connectivity index (χ4n) is 3.13. The number of hydrogen-bond acceptors (Lipinski definition) is 3. The van der Waals surface area contributed by atoms with Gasteiger partial charge in [0, 0.05) is 28.6 Å². The van der Waals surface area contributed by atoms with Gasteiger partial charge in [-0.05, 0) is 57.9 Å². The molecule has 0 aliphatic rings. The maximum atomic E-state index is 12.2. The highest BCUT2D eigenvalue weighted by Crippen LogP contribution is 2.14. The van der Waals surface area contributed by atoms with Crippen molar-refractivity contribution >= 4 is 45.0 Å². The largest absolute Gasteiger partial charge is 0.334 e. The number of rotatable bonds is 6. The van der Waals surface area contributed by atoms with Crippen LogP contribution < -0.4 is 21.3 Å². The highest BCUT2D eigenvalue weighted by molar-refractivity contribution is 9.10. The van der Waals surface area contributed by atoms with Gasteiger partial charge in [-0.25, -0.2) is 14.6 Å². The second-order valence-electron chi connectivity index (χ2n) is 7.01. The Morgan fingerprint density at radius 3 is 2.44 bits per heavy atom. The molecule has 0 fully saturated rings. The summed E-state index contributed by atoms with van der Waals surface area (Å²) < 4.78 is 2.85. The number of urea groups is 2. The first-order valence-corrected chi connectivity index (χ1v) is 10.7. The lowest BCUT2D eigenvalue weighted by Crippen LogP contribution is -2.34. The number of pyridine rings is 1. The van der Waals surface area contributed by atoms with Crippen LogP contribution in [0.1, 0.15) is 11.3 Å². The summed E-state index contributed by atoms with van der Waals surface area (Å²) in [6.07, 6.45) is 3.64. The smallest absolute Gasteiger partial charge is 0.323 e. The second-order valence-corrected chi connectivity index (χ2v) is 7.92. The van der Waals surface area contributed by atoms with Gasteiger partial charge < -0.3 is 25.7 Å². The normalized spacial score (nSPS) is 10.5. The number of amides is 4. The fraction of sp³-hybridized carbons (Fsp3) is 0.0870. The summed E-state index contributed by atoms with van der Waals surface area (Å²) >= 11 is 3.44. The van der Waals surface area contributed by atoms with E-state index in [1.165, 1.54) is 0 Å². The standard InChI is InChI=1S/C23H21BrN6O2/c24-17-9-10-21-25-13-20(30(21)15-17)14-27-22(31)26-12-16-5-4-8-19(11-16)29-23(32)28-18-6-2-1-3-7-18/h1-11,13,15H,12,14H2,(H2,26,27,31)(H2,28,29,32). The van der Waals surface area contributed by atoms with Gasteiger partial charge in [0.05, 0.1) is 18.4 Å². The number of imidazole rings is 1. The Labute approximate surface area is 193 Å². The number of para-hydroxylation sites is 1. The van der Waals surface area contributed by atoms with E-state index in [2.05, 4.69) is 42.2 Å². The number of fused-ring (bicyclic) bond motifs is 1. The molecule has 4 amide bonds. The van der Waals surface area contributed by atoms with Crippen molar-refractivity contribution in [2.45, 2.75) is 13.1 Å². The Bertz CT molecular complexity index is 1240. The van der Waals surface area contributed by atoms with Gasteiger partial charge in [-0.3, -0.25) is 0 Å². The molecule has 32 heavy (non-hydrogen) atoms. The SMILES string of the molecule is O=C(NCc1cccc(NC(=O)Nc2ccccc2)c1)NCc1cnc2ccc(Br)cn12. The first-order valence-electron chi connectivity index (χ1n) is 9.92. The van der Waals surface area contributed by atoms with Crippen LogP contribution in [0.4, 0.5) is 21.0 Å². The molecule has 2 aromatic carbocycles. The van der Waals surface area contributed by atoms with Crippen LogP contribution in [0.3, 0.4) is 0 Å². The van der Waals surface area contributed by atoms with E-state index in [0.29, 0.717) is 24.5 Å². The number of nitrogens with one attached hydrogen (secondary N) is 4. The van der Waals surface area contributed by atoms with Crippen molar-refractivity contribution in [3.8, 4) is 0 Å². The minimum absolute atomic E-state index is 0.296. The molecule has 0 aliphatic heterocycles. The molecule has 0 spiro atoms. The molecule has 0 radical (unpaired) electrons. The third-order valence-electron chi connectivity index (χ3n) is 4.65. The zero-order valence-electron chi connectivity index (χ0n) is 17.0. The lowest BCUT2D eigenvalue weighted by atomic mass is 10.2. The lowest BCUT2D eigenvalue weighted by molar-refractivity contribution is 0.240. The summed E-state index contributed by atoms with van der Waals surface area (Å²) in [4.78, 5) is 28.7. The monoisotopic (exact) mass is 492 g/mol. The summed E-state index contributed by atoms with van der Waals surface area (Å²) in [7, 11) is 0. The van der Waals surface area contributed by atoms with Crippen molar-refractivity contribution in [1.29, 1.82) is 0 Å². The highest BCUT2D eigenvalue weighted by atomic mass is 79.9. The number of carbonyl (C=O) groups excluding carboxylic acids is 2. The molecule has 4 rings (SSSR count). The topological polar surface area (TPSA) is 99.6 Å². The third kappa shape index (κ3) is 5.64. The molecule has 0 aliphatic carbocycles. The number of nitrogens with zero attached hydrogens (tertiary/aromatic N) is 2. The van der Waals surface area contributed by atoms with E-state index in [-0.39, 0.29) is 12.1 Å². The predicted octanol–water partition coefficient (Wildman–Crippen LogP) is 4.74. The molecule has 8 nitrogen and oxygen atoms in total. The number of aromatic nitrogens is 2. The lowest BCUT2D eigenvalue weighted by Gasteiger charge is -2.10. The molecule has 162 valence electrons. The maximum Gasteiger partial charge on any atom is 0.323 e. The number of anilines is 2. The van der Waals surface area contributed by atoms with Crippen LogP contribution in [0.15, 0.2) is 83.6 Å². The van der Waals surface area contributed by atoms with Gasteiger partial charge in [-0.1, -0.05) is 30.3 Å². The second kappa shape index (κ2) is 9.97. The van der Waals surface area contributed by atoms with Crippen LogP contribution in [0.2, 0.25) is 0 Å². The first kappa shape index (κ1) is 21.4. The number of carbonyl (C=O) groups is 2. The number of halogens is 1. The molecule has 4 aromatic rings. The van der Waals surface area contributed by atoms with Crippen molar-refractivity contribution in [3.05, 3.63) is 94.9 Å². The first-order chi connectivity index (χ1) is 15.6. The Balaban J connectivity index is 1.27. The summed E-state index contributed by atoms with van der Waals surface area (Å²) in [5.41, 5.74) is 3.88. The van der Waals surface area contributed by atoms with Gasteiger partial charge in [-0.15, -0.1) is 0 Å². The summed E-state index contributed by atoms with van der Waals surface area (Å²) in [6, 6.07) is 19.7. The van der Waals surface area contributed by atoms with Crippen LogP contribution >= 0.6 is 15.9 Å². The van der Waals surface area contributed by atoms with E-state index in [9.17, 15) is 9.59 Å². The van der Waals surface area contributed by atoms with Crippen molar-refractivity contribution in [3.63, 3.8) is 0 Å². The molecular weight excluding hydrogens is 472 g/mol. The zero-order valence-corrected chi connectivity index (χ0v) is 18.6. The van der Waals surface area contributed by atoms with Crippen molar-refractivity contribution in [2.24, 2.45) is 0 Å². The molecule has 2 heterocycles. The van der Waals surface area contributed by atoms with E-state index in [1.807, 2.05) is 71.3 Å². The van der Waals surface area contributed by atoms with Crippen LogP contribution in [0.5, 0.6) is 0 Å². The minimum atomic E-state index is -0.335. The summed E-state index contributed by atoms with van der Waals surface area (Å²) in [5.74, 6) is 0. The predicted molar refractivity (Wildman–Crippen MR) is 127 cm³/mol. The Morgan fingerprint density at radius 1 is 0.844 bits per heavy atom. The molecule has 0 saturated carbocycles. The van der Waals surface area contributed by atoms with E-state index in [4.69, 9.17) is 0 Å². The molecular formula is C23H21BrN6O2. The quantitative estimate of drug-likeness (QED) is 0.312. The van der Waals surface area contributed by atoms with Crippen molar-refractivity contribution < 1.29 is 9.59 Å². The van der Waals surface area contributed by atoms with Crippen LogP contribution in [-0.2, 0) is 13.1 Å². The number of benzene rings is 2. The van der Waals surface area contributed by atoms with E-state index < -0.39 is 0 Å². The molecule has 2 aromatic heterocycles. The van der Waals surface area contributed by atoms with Gasteiger partial charge in [0.1, 0.15) is 5.65 Å². The van der Waals surface area contributed by atoms with E-state index in [1.54, 1.807) is 12.3 Å². The molecule has 4 N–H and O–H groups in total. The average molecular weight is 493 g/mol. The Morgan fingerprint density at radius 2 is 1.59 bits per heavy atom. The van der Waals surface area contributed by atoms with Crippen LogP contribution in [0.25, 0.3) is 5.65 Å². The van der Waals surface area contributed by atoms with Gasteiger partial charge in [0.25, 0.3) is 0 Å². The van der Waals surface area contributed by atoms with Crippen molar-refractivity contribution in [1.82, 2.24) is 20.0 Å². The zero-order chi connectivity index (χ0) is 22.3. The maximum absolute atomic E-state index is 12.2. The minimum Gasteiger partial charge on any atom is -0.334 e. The van der Waals surface area contributed by atoms with Gasteiger partial charge in [0.2, 0.25) is 0 Å². The van der Waals surface area contributed by atoms with Crippen molar-refractivity contribution in [2.75, 3.05) is 10.6 Å². The third-order valence-corrected chi connectivity index (χ3v) is 5.11. The summed E-state index contributed by atoms with van der Waals surface area (Å²) in [5, 5.41) is 11.2. The highest BCUT2D eigenvalue weighted by Gasteiger charge is 2.07. The van der Waals surface area contributed by atoms with Gasteiger partial charge in [0.15, 0.2) is 0 Å². The molecule has 0 atom stereocenters. The number of hydrogen-bond donors (Lipinski definition) is 4. The molecule has 0 bridgehead atoms. The van der Waals surface area contributed by atoms with Gasteiger partial charge in [-0.2, -0.15) is 0 Å². The van der Waals surface area contributed by atoms with Crippen LogP contribution in [-0.4, -0.2) is 21.4 Å². The molecule has 9 heteroatoms. The van der Waals surface area contributed by atoms with Gasteiger partial charge >= 0.3 is 12.1 Å². The summed E-state index contributed by atoms with van der Waals surface area (Å²) in [6.45, 7) is 0.658. The fourth-order valence-corrected chi connectivity index (χ4v) is 3.46.